The van der Waals surface area contributed by atoms with Crippen molar-refractivity contribution in [3.05, 3.63) is 5.28 Å². The van der Waals surface area contributed by atoms with Gasteiger partial charge in [0.15, 0.2) is 0 Å². The number of carbonyl (C=O) groups excluding carboxylic acids is 1. The van der Waals surface area contributed by atoms with Crippen LogP contribution in [0.3, 0.4) is 0 Å². The number of carbonyl (C=O) groups is 1. The Balaban J connectivity index is 1.95. The molecule has 1 heterocycles. The van der Waals surface area contributed by atoms with Gasteiger partial charge in [0.2, 0.25) is 17.2 Å². The third-order valence-corrected chi connectivity index (χ3v) is 4.17. The molecule has 0 unspecified atom stereocenters. The van der Waals surface area contributed by atoms with Crippen molar-refractivity contribution < 1.29 is 9.53 Å². The Kier molecular flexibility index (Phi) is 12.3. The monoisotopic (exact) mass is 428 g/mol. The molecule has 0 bridgehead atoms. The van der Waals surface area contributed by atoms with Crippen LogP contribution in [-0.2, 0) is 4.74 Å². The quantitative estimate of drug-likeness (QED) is 0.358. The summed E-state index contributed by atoms with van der Waals surface area (Å²) in [6, 6.07) is 0. The second-order valence-electron chi connectivity index (χ2n) is 7.97. The first-order valence-corrected chi connectivity index (χ1v) is 11.0. The average Bonchev–Trinajstić information content (AvgIpc) is 2.61. The molecule has 0 spiro atoms. The molecular formula is C20H37ClN6O2. The van der Waals surface area contributed by atoms with Crippen molar-refractivity contribution in [1.82, 2.24) is 20.3 Å². The van der Waals surface area contributed by atoms with Crippen LogP contribution in [0.15, 0.2) is 0 Å². The minimum absolute atomic E-state index is 0.194. The number of hydrogen-bond donors (Lipinski definition) is 3. The van der Waals surface area contributed by atoms with Gasteiger partial charge in [0.1, 0.15) is 5.60 Å². The van der Waals surface area contributed by atoms with E-state index in [1.807, 2.05) is 27.7 Å². The van der Waals surface area contributed by atoms with E-state index in [1.54, 1.807) is 0 Å². The van der Waals surface area contributed by atoms with Crippen molar-refractivity contribution >= 4 is 29.6 Å². The fourth-order valence-corrected chi connectivity index (χ4v) is 2.84. The highest BCUT2D eigenvalue weighted by atomic mass is 35.5. The molecule has 1 rings (SSSR count). The molecule has 0 aliphatic heterocycles. The predicted octanol–water partition coefficient (Wildman–Crippen LogP) is 5.01. The Morgan fingerprint density at radius 2 is 1.38 bits per heavy atom. The van der Waals surface area contributed by atoms with Crippen LogP contribution in [0.25, 0.3) is 0 Å². The second kappa shape index (κ2) is 14.2. The second-order valence-corrected chi connectivity index (χ2v) is 8.30. The number of amides is 1. The molecular weight excluding hydrogens is 392 g/mol. The van der Waals surface area contributed by atoms with E-state index in [0.717, 1.165) is 32.4 Å². The highest BCUT2D eigenvalue weighted by molar-refractivity contribution is 6.28. The molecule has 8 nitrogen and oxygen atoms in total. The molecule has 0 saturated carbocycles. The van der Waals surface area contributed by atoms with Crippen LogP contribution < -0.4 is 16.0 Å². The smallest absolute Gasteiger partial charge is 0.407 e. The largest absolute Gasteiger partial charge is 0.444 e. The highest BCUT2D eigenvalue weighted by Gasteiger charge is 2.15. The molecule has 1 aromatic rings. The maximum absolute atomic E-state index is 11.5. The number of rotatable bonds is 14. The zero-order valence-electron chi connectivity index (χ0n) is 18.3. The number of halogens is 1. The Hall–Kier alpha value is -1.83. The number of nitrogens with one attached hydrogen (secondary N) is 3. The lowest BCUT2D eigenvalue weighted by molar-refractivity contribution is 0.0527. The maximum atomic E-state index is 11.5. The summed E-state index contributed by atoms with van der Waals surface area (Å²) in [5, 5.41) is 9.23. The highest BCUT2D eigenvalue weighted by Crippen LogP contribution is 2.11. The molecule has 0 aliphatic carbocycles. The molecule has 1 amide bonds. The van der Waals surface area contributed by atoms with E-state index in [0.29, 0.717) is 18.4 Å². The van der Waals surface area contributed by atoms with Crippen LogP contribution in [0.4, 0.5) is 16.7 Å². The first-order chi connectivity index (χ1) is 13.8. The molecule has 0 fully saturated rings. The molecule has 0 radical (unpaired) electrons. The molecule has 0 aliphatic rings. The summed E-state index contributed by atoms with van der Waals surface area (Å²) in [6.45, 7) is 9.81. The summed E-state index contributed by atoms with van der Waals surface area (Å²) in [5.41, 5.74) is -0.437. The van der Waals surface area contributed by atoms with E-state index in [1.165, 1.54) is 32.1 Å². The minimum atomic E-state index is -0.437. The lowest BCUT2D eigenvalue weighted by Gasteiger charge is -2.19. The molecule has 1 aromatic heterocycles. The van der Waals surface area contributed by atoms with E-state index in [2.05, 4.69) is 30.9 Å². The number of alkyl carbamates (subject to hydrolysis) is 1. The van der Waals surface area contributed by atoms with E-state index in [9.17, 15) is 4.79 Å². The number of unbranched alkanes of at least 4 members (excludes halogenated alkanes) is 7. The molecule has 0 atom stereocenters. The summed E-state index contributed by atoms with van der Waals surface area (Å²) >= 11 is 5.90. The lowest BCUT2D eigenvalue weighted by Crippen LogP contribution is -2.32. The zero-order chi connectivity index (χ0) is 21.5. The minimum Gasteiger partial charge on any atom is -0.444 e. The Labute approximate surface area is 180 Å². The number of nitrogens with zero attached hydrogens (tertiary/aromatic N) is 3. The molecule has 3 N–H and O–H groups in total. The molecule has 0 saturated heterocycles. The lowest BCUT2D eigenvalue weighted by atomic mass is 10.1. The van der Waals surface area contributed by atoms with Gasteiger partial charge in [-0.15, -0.1) is 0 Å². The van der Waals surface area contributed by atoms with Gasteiger partial charge in [-0.1, -0.05) is 38.5 Å². The normalized spacial score (nSPS) is 11.2. The first-order valence-electron chi connectivity index (χ1n) is 10.7. The SMILES string of the molecule is CCNc1nc(Cl)nc(NCCCCCCCCCCNC(=O)OC(C)(C)C)n1. The van der Waals surface area contributed by atoms with Crippen molar-refractivity contribution in [2.24, 2.45) is 0 Å². The van der Waals surface area contributed by atoms with Crippen LogP contribution in [-0.4, -0.2) is 46.3 Å². The maximum Gasteiger partial charge on any atom is 0.407 e. The van der Waals surface area contributed by atoms with Crippen LogP contribution in [0.1, 0.15) is 79.1 Å². The zero-order valence-corrected chi connectivity index (χ0v) is 19.1. The summed E-state index contributed by atoms with van der Waals surface area (Å²) in [7, 11) is 0. The third kappa shape index (κ3) is 13.9. The summed E-state index contributed by atoms with van der Waals surface area (Å²) in [5.74, 6) is 1.01. The Bertz CT molecular complexity index is 595. The number of ether oxygens (including phenoxy) is 1. The van der Waals surface area contributed by atoms with Crippen LogP contribution >= 0.6 is 11.6 Å². The first kappa shape index (κ1) is 25.2. The van der Waals surface area contributed by atoms with Gasteiger partial charge in [0, 0.05) is 19.6 Å². The van der Waals surface area contributed by atoms with Gasteiger partial charge in [-0.2, -0.15) is 15.0 Å². The van der Waals surface area contributed by atoms with Crippen LogP contribution in [0.5, 0.6) is 0 Å². The van der Waals surface area contributed by atoms with Gasteiger partial charge in [-0.25, -0.2) is 4.79 Å². The Morgan fingerprint density at radius 3 is 1.93 bits per heavy atom. The Morgan fingerprint density at radius 1 is 0.862 bits per heavy atom. The standard InChI is InChI=1S/C20H37ClN6O2/c1-5-22-17-25-16(21)26-18(27-17)23-14-12-10-8-6-7-9-11-13-15-24-19(28)29-20(2,3)4/h5-15H2,1-4H3,(H,24,28)(H2,22,23,25,26,27). The third-order valence-electron chi connectivity index (χ3n) is 4.00. The number of hydrogen-bond acceptors (Lipinski definition) is 7. The fraction of sp³-hybridized carbons (Fsp3) is 0.800. The van der Waals surface area contributed by atoms with Crippen molar-refractivity contribution in [1.29, 1.82) is 0 Å². The predicted molar refractivity (Wildman–Crippen MR) is 119 cm³/mol. The number of anilines is 2. The molecule has 9 heteroatoms. The van der Waals surface area contributed by atoms with Gasteiger partial charge in [0.05, 0.1) is 0 Å². The van der Waals surface area contributed by atoms with E-state index in [-0.39, 0.29) is 11.4 Å². The van der Waals surface area contributed by atoms with Gasteiger partial charge in [-0.3, -0.25) is 0 Å². The topological polar surface area (TPSA) is 101 Å². The van der Waals surface area contributed by atoms with Gasteiger partial charge < -0.3 is 20.7 Å². The fourth-order valence-electron chi connectivity index (χ4n) is 2.68. The summed E-state index contributed by atoms with van der Waals surface area (Å²) in [4.78, 5) is 23.9. The van der Waals surface area contributed by atoms with Crippen molar-refractivity contribution in [2.45, 2.75) is 84.7 Å². The molecule has 0 aromatic carbocycles. The average molecular weight is 429 g/mol. The van der Waals surface area contributed by atoms with Gasteiger partial charge >= 0.3 is 6.09 Å². The van der Waals surface area contributed by atoms with Crippen molar-refractivity contribution in [2.75, 3.05) is 30.3 Å². The van der Waals surface area contributed by atoms with Crippen molar-refractivity contribution in [3.8, 4) is 0 Å². The number of aromatic nitrogens is 3. The van der Waals surface area contributed by atoms with Crippen LogP contribution in [0, 0.1) is 0 Å². The summed E-state index contributed by atoms with van der Waals surface area (Å²) < 4.78 is 5.20. The summed E-state index contributed by atoms with van der Waals surface area (Å²) in [6.07, 6.45) is 8.92. The molecule has 166 valence electrons. The van der Waals surface area contributed by atoms with Gasteiger partial charge in [-0.05, 0) is 52.1 Å². The van der Waals surface area contributed by atoms with Crippen molar-refractivity contribution in [3.63, 3.8) is 0 Å². The molecule has 29 heavy (non-hydrogen) atoms. The van der Waals surface area contributed by atoms with Gasteiger partial charge in [0.25, 0.3) is 0 Å². The van der Waals surface area contributed by atoms with E-state index in [4.69, 9.17) is 16.3 Å². The van der Waals surface area contributed by atoms with E-state index < -0.39 is 5.60 Å². The van der Waals surface area contributed by atoms with E-state index >= 15 is 0 Å². The van der Waals surface area contributed by atoms with Crippen LogP contribution in [0.2, 0.25) is 5.28 Å².